The van der Waals surface area contributed by atoms with Crippen molar-refractivity contribution in [1.82, 2.24) is 0 Å². The molecule has 0 spiro atoms. The highest BCUT2D eigenvalue weighted by atomic mass is 16.6. The summed E-state index contributed by atoms with van der Waals surface area (Å²) in [6, 6.07) is 0. The summed E-state index contributed by atoms with van der Waals surface area (Å²) in [5.74, 6) is 0. The lowest BCUT2D eigenvalue weighted by Gasteiger charge is -1.99. The van der Waals surface area contributed by atoms with Gasteiger partial charge in [-0.3, -0.25) is 0 Å². The van der Waals surface area contributed by atoms with Crippen LogP contribution in [0, 0.1) is 0 Å². The van der Waals surface area contributed by atoms with E-state index in [0.717, 1.165) is 26.3 Å². The molecule has 2 rings (SSSR count). The van der Waals surface area contributed by atoms with Gasteiger partial charge in [0, 0.05) is 0 Å². The van der Waals surface area contributed by atoms with E-state index in [2.05, 4.69) is 0 Å². The molecule has 0 amide bonds. The summed E-state index contributed by atoms with van der Waals surface area (Å²) in [5.41, 5.74) is 10.7. The highest BCUT2D eigenvalue weighted by molar-refractivity contribution is 4.86. The van der Waals surface area contributed by atoms with Crippen molar-refractivity contribution in [2.75, 3.05) is 26.3 Å². The molecule has 2 heterocycles. The molecule has 4 N–H and O–H groups in total. The summed E-state index contributed by atoms with van der Waals surface area (Å²) >= 11 is 0. The van der Waals surface area contributed by atoms with Crippen LogP contribution in [-0.4, -0.2) is 38.5 Å². The summed E-state index contributed by atoms with van der Waals surface area (Å²) in [6.07, 6.45) is 10.0. The van der Waals surface area contributed by atoms with E-state index in [1.807, 2.05) is 0 Å². The van der Waals surface area contributed by atoms with Gasteiger partial charge < -0.3 is 20.9 Å². The largest absolute Gasteiger partial charge is 0.370 e. The van der Waals surface area contributed by atoms with Crippen LogP contribution in [0.4, 0.5) is 0 Å². The zero-order valence-corrected chi connectivity index (χ0v) is 10.9. The smallest absolute Gasteiger partial charge is 0.109 e. The van der Waals surface area contributed by atoms with Crippen molar-refractivity contribution < 1.29 is 9.47 Å². The molecule has 17 heavy (non-hydrogen) atoms. The molecule has 4 heteroatoms. The third kappa shape index (κ3) is 9.53. The van der Waals surface area contributed by atoms with Gasteiger partial charge in [0.15, 0.2) is 0 Å². The molecular formula is C13H28N2O2. The molecule has 0 saturated carbocycles. The molecule has 0 bridgehead atoms. The van der Waals surface area contributed by atoms with Crippen molar-refractivity contribution in [3.8, 4) is 0 Å². The van der Waals surface area contributed by atoms with Crippen LogP contribution in [0.1, 0.15) is 44.9 Å². The van der Waals surface area contributed by atoms with E-state index in [9.17, 15) is 0 Å². The molecule has 2 saturated heterocycles. The standard InChI is InChI=1S/C9H22N2.C4H6O2/c10-8-6-4-2-1-3-5-7-9-11;1-3(5-1)4-2-6-4/h1-11H2;3-4H,1-2H2. The minimum atomic E-state index is 0.491. The predicted molar refractivity (Wildman–Crippen MR) is 69.9 cm³/mol. The van der Waals surface area contributed by atoms with E-state index in [-0.39, 0.29) is 0 Å². The Morgan fingerprint density at radius 2 is 0.941 bits per heavy atom. The van der Waals surface area contributed by atoms with Crippen LogP contribution in [0.25, 0.3) is 0 Å². The van der Waals surface area contributed by atoms with Gasteiger partial charge in [0.25, 0.3) is 0 Å². The first-order valence-corrected chi connectivity index (χ1v) is 7.02. The fourth-order valence-corrected chi connectivity index (χ4v) is 1.71. The minimum Gasteiger partial charge on any atom is -0.370 e. The normalized spacial score (nSPS) is 25.1. The molecule has 0 aromatic carbocycles. The third-order valence-corrected chi connectivity index (χ3v) is 3.04. The van der Waals surface area contributed by atoms with Crippen LogP contribution in [0.3, 0.4) is 0 Å². The molecule has 2 aliphatic rings. The summed E-state index contributed by atoms with van der Waals surface area (Å²) in [7, 11) is 0. The van der Waals surface area contributed by atoms with Crippen molar-refractivity contribution in [3.63, 3.8) is 0 Å². The average Bonchev–Trinajstić information content (AvgIpc) is 3.20. The Morgan fingerprint density at radius 3 is 1.18 bits per heavy atom. The van der Waals surface area contributed by atoms with Crippen molar-refractivity contribution in [2.24, 2.45) is 11.5 Å². The Balaban J connectivity index is 0.000000196. The van der Waals surface area contributed by atoms with Gasteiger partial charge in [0.05, 0.1) is 13.2 Å². The molecule has 2 fully saturated rings. The number of hydrogen-bond donors (Lipinski definition) is 2. The quantitative estimate of drug-likeness (QED) is 0.475. The van der Waals surface area contributed by atoms with Crippen molar-refractivity contribution >= 4 is 0 Å². The molecule has 0 aromatic rings. The monoisotopic (exact) mass is 244 g/mol. The zero-order valence-electron chi connectivity index (χ0n) is 10.9. The van der Waals surface area contributed by atoms with Gasteiger partial charge in [-0.1, -0.05) is 32.1 Å². The van der Waals surface area contributed by atoms with E-state index < -0.39 is 0 Å². The summed E-state index contributed by atoms with van der Waals surface area (Å²) in [4.78, 5) is 0. The maximum atomic E-state index is 5.37. The fourth-order valence-electron chi connectivity index (χ4n) is 1.71. The summed E-state index contributed by atoms with van der Waals surface area (Å²) < 4.78 is 9.81. The molecule has 4 nitrogen and oxygen atoms in total. The molecule has 2 unspecified atom stereocenters. The van der Waals surface area contributed by atoms with Gasteiger partial charge in [-0.2, -0.15) is 0 Å². The SMILES string of the molecule is C1OC1C1CO1.NCCCCCCCCCN. The number of unbranched alkanes of at least 4 members (excludes halogenated alkanes) is 6. The van der Waals surface area contributed by atoms with E-state index in [0.29, 0.717) is 12.2 Å². The van der Waals surface area contributed by atoms with E-state index in [4.69, 9.17) is 20.9 Å². The number of ether oxygens (including phenoxy) is 2. The minimum absolute atomic E-state index is 0.491. The zero-order chi connectivity index (χ0) is 12.3. The first kappa shape index (κ1) is 14.9. The van der Waals surface area contributed by atoms with Gasteiger partial charge in [-0.15, -0.1) is 0 Å². The van der Waals surface area contributed by atoms with Crippen molar-refractivity contribution in [1.29, 1.82) is 0 Å². The van der Waals surface area contributed by atoms with Gasteiger partial charge in [-0.05, 0) is 25.9 Å². The highest BCUT2D eigenvalue weighted by Crippen LogP contribution is 2.25. The second kappa shape index (κ2) is 9.83. The topological polar surface area (TPSA) is 77.1 Å². The molecule has 2 aliphatic heterocycles. The van der Waals surface area contributed by atoms with Crippen molar-refractivity contribution in [3.05, 3.63) is 0 Å². The van der Waals surface area contributed by atoms with Gasteiger partial charge in [-0.25, -0.2) is 0 Å². The van der Waals surface area contributed by atoms with Crippen LogP contribution < -0.4 is 11.5 Å². The third-order valence-electron chi connectivity index (χ3n) is 3.04. The maximum Gasteiger partial charge on any atom is 0.109 e. The predicted octanol–water partition coefficient (Wildman–Crippen LogP) is 1.42. The van der Waals surface area contributed by atoms with Crippen molar-refractivity contribution in [2.45, 2.75) is 57.2 Å². The lowest BCUT2D eigenvalue weighted by Crippen LogP contribution is -1.98. The lowest BCUT2D eigenvalue weighted by atomic mass is 10.1. The first-order valence-electron chi connectivity index (χ1n) is 7.02. The molecular weight excluding hydrogens is 216 g/mol. The molecule has 2 atom stereocenters. The van der Waals surface area contributed by atoms with E-state index >= 15 is 0 Å². The lowest BCUT2D eigenvalue weighted by molar-refractivity contribution is 0.325. The summed E-state index contributed by atoms with van der Waals surface area (Å²) in [6.45, 7) is 3.57. The Labute approximate surface area is 105 Å². The second-order valence-corrected chi connectivity index (χ2v) is 4.80. The van der Waals surface area contributed by atoms with Gasteiger partial charge >= 0.3 is 0 Å². The Bertz CT molecular complexity index is 153. The first-order chi connectivity index (χ1) is 8.38. The number of nitrogens with two attached hydrogens (primary N) is 2. The maximum absolute atomic E-state index is 5.37. The van der Waals surface area contributed by atoms with E-state index in [1.54, 1.807) is 0 Å². The highest BCUT2D eigenvalue weighted by Gasteiger charge is 2.41. The van der Waals surface area contributed by atoms with Gasteiger partial charge in [0.1, 0.15) is 12.2 Å². The molecule has 102 valence electrons. The number of hydrogen-bond acceptors (Lipinski definition) is 4. The number of rotatable bonds is 9. The Morgan fingerprint density at radius 1 is 0.647 bits per heavy atom. The fraction of sp³-hybridized carbons (Fsp3) is 1.00. The van der Waals surface area contributed by atoms with Crippen LogP contribution in [0.15, 0.2) is 0 Å². The van der Waals surface area contributed by atoms with Crippen LogP contribution in [0.2, 0.25) is 0 Å². The second-order valence-electron chi connectivity index (χ2n) is 4.80. The van der Waals surface area contributed by atoms with Gasteiger partial charge in [0.2, 0.25) is 0 Å². The van der Waals surface area contributed by atoms with E-state index in [1.165, 1.54) is 44.9 Å². The van der Waals surface area contributed by atoms with Crippen LogP contribution in [-0.2, 0) is 9.47 Å². The average molecular weight is 244 g/mol. The molecule has 0 aliphatic carbocycles. The molecule has 0 aromatic heterocycles. The Hall–Kier alpha value is -0.160. The van der Waals surface area contributed by atoms with Crippen LogP contribution >= 0.6 is 0 Å². The van der Waals surface area contributed by atoms with Crippen LogP contribution in [0.5, 0.6) is 0 Å². The summed E-state index contributed by atoms with van der Waals surface area (Å²) in [5, 5.41) is 0. The molecule has 0 radical (unpaired) electrons. The number of epoxide rings is 2. The Kier molecular flexibility index (Phi) is 8.61.